The Balaban J connectivity index is 1.88. The van der Waals surface area contributed by atoms with Crippen LogP contribution >= 0.6 is 0 Å². The zero-order chi connectivity index (χ0) is 15.2. The Labute approximate surface area is 126 Å². The van der Waals surface area contributed by atoms with Gasteiger partial charge in [-0.1, -0.05) is 13.0 Å². The molecule has 1 aliphatic rings. The molecule has 0 saturated carbocycles. The van der Waals surface area contributed by atoms with Crippen molar-refractivity contribution >= 4 is 0 Å². The second-order valence-electron chi connectivity index (χ2n) is 6.03. The predicted molar refractivity (Wildman–Crippen MR) is 82.4 cm³/mol. The molecule has 0 radical (unpaired) electrons. The van der Waals surface area contributed by atoms with Crippen molar-refractivity contribution in [2.75, 3.05) is 19.6 Å². The van der Waals surface area contributed by atoms with Crippen LogP contribution < -0.4 is 5.32 Å². The van der Waals surface area contributed by atoms with E-state index in [2.05, 4.69) is 17.1 Å². The molecule has 1 heterocycles. The Morgan fingerprint density at radius 2 is 1.95 bits per heavy atom. The maximum Gasteiger partial charge on any atom is 0.129 e. The van der Waals surface area contributed by atoms with E-state index in [0.29, 0.717) is 12.5 Å². The summed E-state index contributed by atoms with van der Waals surface area (Å²) in [6.45, 7) is 7.56. The van der Waals surface area contributed by atoms with Crippen molar-refractivity contribution in [1.82, 2.24) is 10.2 Å². The third-order valence-electron chi connectivity index (χ3n) is 4.36. The van der Waals surface area contributed by atoms with Crippen LogP contribution in [0.1, 0.15) is 38.7 Å². The average Bonchev–Trinajstić information content (AvgIpc) is 2.68. The number of hydrogen-bond acceptors (Lipinski definition) is 2. The molecule has 0 amide bonds. The third-order valence-corrected chi connectivity index (χ3v) is 4.36. The van der Waals surface area contributed by atoms with Crippen LogP contribution in [0.5, 0.6) is 0 Å². The van der Waals surface area contributed by atoms with Crippen molar-refractivity contribution in [2.45, 2.75) is 51.6 Å². The van der Waals surface area contributed by atoms with Crippen LogP contribution in [0.25, 0.3) is 0 Å². The van der Waals surface area contributed by atoms with Gasteiger partial charge in [0, 0.05) is 17.6 Å². The molecule has 2 unspecified atom stereocenters. The highest BCUT2D eigenvalue weighted by Crippen LogP contribution is 2.16. The molecule has 2 nitrogen and oxygen atoms in total. The largest absolute Gasteiger partial charge is 0.311 e. The van der Waals surface area contributed by atoms with Crippen LogP contribution in [0.3, 0.4) is 0 Å². The summed E-state index contributed by atoms with van der Waals surface area (Å²) in [4.78, 5) is 2.46. The second kappa shape index (κ2) is 7.85. The van der Waals surface area contributed by atoms with Gasteiger partial charge in [0.25, 0.3) is 0 Å². The van der Waals surface area contributed by atoms with E-state index in [1.54, 1.807) is 0 Å². The molecule has 0 aromatic heterocycles. The lowest BCUT2D eigenvalue weighted by Crippen LogP contribution is -2.38. The lowest BCUT2D eigenvalue weighted by atomic mass is 10.0. The van der Waals surface area contributed by atoms with Crippen LogP contribution in [0.15, 0.2) is 18.2 Å². The fourth-order valence-electron chi connectivity index (χ4n) is 3.13. The van der Waals surface area contributed by atoms with Gasteiger partial charge in [-0.2, -0.15) is 0 Å². The van der Waals surface area contributed by atoms with E-state index in [-0.39, 0.29) is 11.6 Å². The molecule has 4 heteroatoms. The Morgan fingerprint density at radius 1 is 1.24 bits per heavy atom. The van der Waals surface area contributed by atoms with E-state index in [9.17, 15) is 8.78 Å². The van der Waals surface area contributed by atoms with Crippen molar-refractivity contribution in [3.63, 3.8) is 0 Å². The molecule has 0 bridgehead atoms. The molecule has 1 N–H and O–H groups in total. The molecule has 1 aliphatic heterocycles. The Bertz CT molecular complexity index is 430. The zero-order valence-corrected chi connectivity index (χ0v) is 13.0. The number of benzene rings is 1. The van der Waals surface area contributed by atoms with Crippen LogP contribution in [0.2, 0.25) is 0 Å². The van der Waals surface area contributed by atoms with Gasteiger partial charge < -0.3 is 10.2 Å². The monoisotopic (exact) mass is 296 g/mol. The molecule has 21 heavy (non-hydrogen) atoms. The molecule has 1 aromatic rings. The van der Waals surface area contributed by atoms with E-state index in [0.717, 1.165) is 32.5 Å². The van der Waals surface area contributed by atoms with Gasteiger partial charge >= 0.3 is 0 Å². The molecular weight excluding hydrogens is 270 g/mol. The zero-order valence-electron chi connectivity index (χ0n) is 13.0. The minimum atomic E-state index is -0.443. The smallest absolute Gasteiger partial charge is 0.129 e. The van der Waals surface area contributed by atoms with Crippen molar-refractivity contribution in [3.05, 3.63) is 35.4 Å². The van der Waals surface area contributed by atoms with Crippen molar-refractivity contribution in [3.8, 4) is 0 Å². The molecular formula is C17H26F2N2. The molecule has 118 valence electrons. The maximum absolute atomic E-state index is 13.7. The normalized spacial score (nSPS) is 22.0. The lowest BCUT2D eigenvalue weighted by molar-refractivity contribution is 0.295. The lowest BCUT2D eigenvalue weighted by Gasteiger charge is -2.23. The summed E-state index contributed by atoms with van der Waals surface area (Å²) >= 11 is 0. The summed E-state index contributed by atoms with van der Waals surface area (Å²) in [5, 5.41) is 3.55. The molecule has 2 atom stereocenters. The van der Waals surface area contributed by atoms with Crippen LogP contribution in [0, 0.1) is 11.6 Å². The molecule has 1 aromatic carbocycles. The van der Waals surface area contributed by atoms with E-state index in [1.807, 2.05) is 6.92 Å². The number of halogens is 2. The van der Waals surface area contributed by atoms with Gasteiger partial charge in [-0.15, -0.1) is 0 Å². The highest BCUT2D eigenvalue weighted by molar-refractivity contribution is 5.20. The van der Waals surface area contributed by atoms with Gasteiger partial charge in [-0.05, 0) is 64.4 Å². The van der Waals surface area contributed by atoms with Gasteiger partial charge in [0.2, 0.25) is 0 Å². The molecule has 1 saturated heterocycles. The number of likely N-dealkylation sites (tertiary alicyclic amines) is 1. The third kappa shape index (κ3) is 4.75. The first-order valence-corrected chi connectivity index (χ1v) is 8.01. The first kappa shape index (κ1) is 16.4. The van der Waals surface area contributed by atoms with E-state index < -0.39 is 11.6 Å². The maximum atomic E-state index is 13.7. The van der Waals surface area contributed by atoms with Gasteiger partial charge in [0.1, 0.15) is 11.6 Å². The Hall–Kier alpha value is -1.00. The molecule has 1 fully saturated rings. The fourth-order valence-corrected chi connectivity index (χ4v) is 3.13. The number of nitrogens with one attached hydrogen (secondary N) is 1. The van der Waals surface area contributed by atoms with Gasteiger partial charge in [-0.3, -0.25) is 0 Å². The van der Waals surface area contributed by atoms with Gasteiger partial charge in [0.15, 0.2) is 0 Å². The fraction of sp³-hybridized carbons (Fsp3) is 0.647. The van der Waals surface area contributed by atoms with Crippen molar-refractivity contribution in [1.29, 1.82) is 0 Å². The predicted octanol–water partition coefficient (Wildman–Crippen LogP) is 3.36. The summed E-state index contributed by atoms with van der Waals surface area (Å²) in [5.41, 5.74) is 0.196. The summed E-state index contributed by atoms with van der Waals surface area (Å²) < 4.78 is 27.4. The first-order valence-electron chi connectivity index (χ1n) is 8.01. The standard InChI is InChI=1S/C17H26F2N2/c1-3-21-10-5-6-14(9-11-21)20-13(2)12-15-16(18)7-4-8-17(15)19/h4,7-8,13-14,20H,3,5-6,9-12H2,1-2H3. The molecule has 0 spiro atoms. The number of rotatable bonds is 5. The topological polar surface area (TPSA) is 15.3 Å². The minimum absolute atomic E-state index is 0.0783. The van der Waals surface area contributed by atoms with Crippen molar-refractivity contribution in [2.24, 2.45) is 0 Å². The minimum Gasteiger partial charge on any atom is -0.311 e. The van der Waals surface area contributed by atoms with Gasteiger partial charge in [-0.25, -0.2) is 8.78 Å². The first-order chi connectivity index (χ1) is 10.1. The Kier molecular flexibility index (Phi) is 6.12. The van der Waals surface area contributed by atoms with Crippen LogP contribution in [-0.2, 0) is 6.42 Å². The molecule has 0 aliphatic carbocycles. The SMILES string of the molecule is CCN1CCCC(NC(C)Cc2c(F)cccc2F)CC1. The number of hydrogen-bond donors (Lipinski definition) is 1. The Morgan fingerprint density at radius 3 is 2.62 bits per heavy atom. The highest BCUT2D eigenvalue weighted by atomic mass is 19.1. The van der Waals surface area contributed by atoms with Crippen molar-refractivity contribution < 1.29 is 8.78 Å². The van der Waals surface area contributed by atoms with Crippen LogP contribution in [-0.4, -0.2) is 36.6 Å². The van der Waals surface area contributed by atoms with E-state index >= 15 is 0 Å². The van der Waals surface area contributed by atoms with E-state index in [1.165, 1.54) is 24.6 Å². The summed E-state index contributed by atoms with van der Waals surface area (Å²) in [5.74, 6) is -0.886. The summed E-state index contributed by atoms with van der Waals surface area (Å²) in [6, 6.07) is 4.60. The second-order valence-corrected chi connectivity index (χ2v) is 6.03. The summed E-state index contributed by atoms with van der Waals surface area (Å²) in [7, 11) is 0. The van der Waals surface area contributed by atoms with Crippen LogP contribution in [0.4, 0.5) is 8.78 Å². The molecule has 2 rings (SSSR count). The highest BCUT2D eigenvalue weighted by Gasteiger charge is 2.19. The van der Waals surface area contributed by atoms with E-state index in [4.69, 9.17) is 0 Å². The average molecular weight is 296 g/mol. The quantitative estimate of drug-likeness (QED) is 0.896. The number of nitrogens with zero attached hydrogens (tertiary/aromatic N) is 1. The summed E-state index contributed by atoms with van der Waals surface area (Å²) in [6.07, 6.45) is 3.83. The van der Waals surface area contributed by atoms with Gasteiger partial charge in [0.05, 0.1) is 0 Å².